The molecule has 4 fully saturated rings. The minimum absolute atomic E-state index is 0.0171. The zero-order valence-electron chi connectivity index (χ0n) is 63.4. The quantitative estimate of drug-likeness (QED) is 0.0341. The number of fused-ring (bicyclic) bond motifs is 2. The number of β-amino-alcohol motifs (C(OH)–C–C–N with tert-alkyl or cyclic N) is 3. The number of likely N-dealkylation sites (tertiary alicyclic amines) is 3. The lowest BCUT2D eigenvalue weighted by Gasteiger charge is -2.37. The van der Waals surface area contributed by atoms with Gasteiger partial charge in [-0.3, -0.25) is 43.2 Å². The van der Waals surface area contributed by atoms with Crippen LogP contribution in [0.5, 0.6) is 5.75 Å². The summed E-state index contributed by atoms with van der Waals surface area (Å²) >= 11 is 4.66. The maximum atomic E-state index is 13.8. The number of ether oxygens (including phenoxy) is 1. The van der Waals surface area contributed by atoms with Gasteiger partial charge < -0.3 is 70.9 Å². The summed E-state index contributed by atoms with van der Waals surface area (Å²) in [5.41, 5.74) is 15.9. The molecule has 9 amide bonds. The molecule has 3 aromatic heterocycles. The Morgan fingerprint density at radius 3 is 1.23 bits per heavy atom. The molecule has 29 heteroatoms. The van der Waals surface area contributed by atoms with Gasteiger partial charge in [0.1, 0.15) is 42.0 Å². The SMILES string of the molecule is Cc1ncsc1-c1ccc(CNC(=O)[C@@H]2C[C@@H](O)CN2C(=O)[C@H](C(C)C)N2Cc3ccccc3C2=O)c(O)c1.Cc1ncsc1-c1ccc(CNC(=O)[C@@H]2C[C@@H](O)CN2C(=O)[C@H](C(C)C)N2Cc3ccccc3C2=O)cc1.Cc1ncsc1-c1ccc(CNC(=O)[C@@H]2C[C@@H](O)CN2C(=O)[C@H](C)NC(=O)C2(C)COC2)cc1. The summed E-state index contributed by atoms with van der Waals surface area (Å²) in [7, 11) is 0. The molecule has 584 valence electrons. The number of aromatic hydroxyl groups is 1. The van der Waals surface area contributed by atoms with Crippen molar-refractivity contribution in [3.63, 3.8) is 0 Å². The first-order valence-electron chi connectivity index (χ1n) is 37.2. The first kappa shape index (κ1) is 80.4. The molecule has 111 heavy (non-hydrogen) atoms. The Kier molecular flexibility index (Phi) is 25.1. The van der Waals surface area contributed by atoms with E-state index in [1.807, 2.05) is 144 Å². The summed E-state index contributed by atoms with van der Waals surface area (Å²) in [4.78, 5) is 142. The summed E-state index contributed by atoms with van der Waals surface area (Å²) in [6, 6.07) is 31.0. The van der Waals surface area contributed by atoms with Crippen LogP contribution in [0.25, 0.3) is 31.3 Å². The highest BCUT2D eigenvalue weighted by Gasteiger charge is 2.49. The van der Waals surface area contributed by atoms with Crippen molar-refractivity contribution in [2.24, 2.45) is 17.3 Å². The average Bonchev–Trinajstić information content (AvgIpc) is 1.58. The number of aryl methyl sites for hydroxylation is 3. The van der Waals surface area contributed by atoms with Crippen LogP contribution in [0.2, 0.25) is 0 Å². The van der Waals surface area contributed by atoms with Crippen molar-refractivity contribution in [2.45, 2.75) is 169 Å². The third kappa shape index (κ3) is 17.8. The van der Waals surface area contributed by atoms with Crippen molar-refractivity contribution in [3.05, 3.63) is 188 Å². The third-order valence-electron chi connectivity index (χ3n) is 21.2. The monoisotopic (exact) mass is 1570 g/mol. The molecular weight excluding hydrogens is 1470 g/mol. The number of aromatic nitrogens is 3. The van der Waals surface area contributed by atoms with E-state index in [4.69, 9.17) is 4.74 Å². The Morgan fingerprint density at radius 1 is 0.514 bits per heavy atom. The molecular formula is C82H94N12O14S3. The maximum Gasteiger partial charge on any atom is 0.255 e. The van der Waals surface area contributed by atoms with Crippen LogP contribution in [0.15, 0.2) is 132 Å². The van der Waals surface area contributed by atoms with E-state index in [0.717, 1.165) is 70.7 Å². The van der Waals surface area contributed by atoms with Crippen LogP contribution in [0.4, 0.5) is 0 Å². The standard InChI is InChI=1S/C29H32N4O5S.C29H32N4O4S.C24H30N4O5S/c1-16(2)25(33-13-20-6-4-5-7-22(20)28(33)37)29(38)32-14-21(34)11-23(32)27(36)30-12-19-9-8-18(10-24(19)35)26-17(3)31-15-39-26;1-17(2)25(33-14-21-6-4-5-7-23(21)28(33)36)29(37)32-15-22(34)12-24(32)27(35)30-13-19-8-10-20(11-9-19)26-18(3)31-16-38-26;1-14-20(34-13-26-14)17-6-4-16(5-7-17)9-25-21(30)19-8-18(29)10-28(19)22(31)15(2)27-23(32)24(3)11-33-12-24/h4-10,15-16,21,23,25,34-35H,11-14H2,1-3H3,(H,30,36);4-11,16-17,22,24-25,34H,12-15H2,1-3H3,(H,30,35);4-7,13,15,18-19,29H,8-12H2,1-3H3,(H,25,30)(H,27,32)/t21-,23+,25+;22-,24+,25+;15-,18+,19-/m110/s1. The molecule has 5 aromatic carbocycles. The van der Waals surface area contributed by atoms with E-state index in [2.05, 4.69) is 36.2 Å². The van der Waals surface area contributed by atoms with E-state index in [-0.39, 0.29) is 104 Å². The third-order valence-corrected chi connectivity index (χ3v) is 24.2. The summed E-state index contributed by atoms with van der Waals surface area (Å²) in [6.07, 6.45) is -2.00. The summed E-state index contributed by atoms with van der Waals surface area (Å²) in [6.45, 7) is 18.9. The van der Waals surface area contributed by atoms with Crippen LogP contribution in [0.3, 0.4) is 0 Å². The van der Waals surface area contributed by atoms with Gasteiger partial charge in [-0.1, -0.05) is 125 Å². The number of aliphatic hydroxyl groups excluding tert-OH is 3. The van der Waals surface area contributed by atoms with Crippen molar-refractivity contribution in [1.82, 2.24) is 60.7 Å². The van der Waals surface area contributed by atoms with Gasteiger partial charge in [0.15, 0.2) is 0 Å². The molecule has 0 radical (unpaired) electrons. The van der Waals surface area contributed by atoms with Crippen LogP contribution in [0.1, 0.15) is 126 Å². The molecule has 0 aliphatic carbocycles. The number of thiazole rings is 3. The number of aliphatic hydroxyl groups is 3. The molecule has 0 bridgehead atoms. The lowest BCUT2D eigenvalue weighted by molar-refractivity contribution is -0.160. The number of nitrogens with one attached hydrogen (secondary N) is 4. The molecule has 26 nitrogen and oxygen atoms in total. The molecule has 9 atom stereocenters. The zero-order valence-corrected chi connectivity index (χ0v) is 65.9. The van der Waals surface area contributed by atoms with Crippen molar-refractivity contribution in [2.75, 3.05) is 32.8 Å². The van der Waals surface area contributed by atoms with Gasteiger partial charge in [0.2, 0.25) is 41.4 Å². The van der Waals surface area contributed by atoms with Crippen LogP contribution < -0.4 is 21.3 Å². The smallest absolute Gasteiger partial charge is 0.255 e. The molecule has 8 aromatic rings. The van der Waals surface area contributed by atoms with Crippen LogP contribution in [0, 0.1) is 38.0 Å². The Bertz CT molecular complexity index is 4770. The van der Waals surface area contributed by atoms with Crippen molar-refractivity contribution in [3.8, 4) is 37.1 Å². The van der Waals surface area contributed by atoms with E-state index in [0.29, 0.717) is 56.1 Å². The Hall–Kier alpha value is -10.1. The van der Waals surface area contributed by atoms with E-state index in [1.54, 1.807) is 82.2 Å². The number of rotatable bonds is 21. The van der Waals surface area contributed by atoms with E-state index >= 15 is 0 Å². The highest BCUT2D eigenvalue weighted by atomic mass is 32.1. The summed E-state index contributed by atoms with van der Waals surface area (Å²) in [5, 5.41) is 52.9. The normalized spacial score (nSPS) is 20.3. The number of hydrogen-bond acceptors (Lipinski definition) is 20. The molecule has 4 saturated heterocycles. The number of phenols is 1. The van der Waals surface area contributed by atoms with Gasteiger partial charge in [0, 0.05) is 88.3 Å². The van der Waals surface area contributed by atoms with Crippen LogP contribution in [-0.2, 0) is 71.0 Å². The van der Waals surface area contributed by atoms with E-state index in [9.17, 15) is 63.6 Å². The fraction of sp³-hybridized carbons (Fsp3) is 0.415. The molecule has 9 heterocycles. The largest absolute Gasteiger partial charge is 0.508 e. The van der Waals surface area contributed by atoms with E-state index < -0.39 is 71.8 Å². The fourth-order valence-corrected chi connectivity index (χ4v) is 17.5. The first-order chi connectivity index (χ1) is 53.1. The number of benzene rings is 5. The van der Waals surface area contributed by atoms with Crippen LogP contribution in [-0.4, -0.2) is 200 Å². The molecule has 0 spiro atoms. The second-order valence-electron chi connectivity index (χ2n) is 30.2. The average molecular weight is 1570 g/mol. The number of nitrogens with zero attached hydrogens (tertiary/aromatic N) is 8. The Morgan fingerprint density at radius 2 is 0.883 bits per heavy atom. The minimum Gasteiger partial charge on any atom is -0.508 e. The van der Waals surface area contributed by atoms with Crippen molar-refractivity contribution >= 4 is 87.2 Å². The highest BCUT2D eigenvalue weighted by molar-refractivity contribution is 7.14. The second-order valence-corrected chi connectivity index (χ2v) is 32.8. The lowest BCUT2D eigenvalue weighted by Crippen LogP contribution is -2.58. The number of carbonyl (C=O) groups is 9. The van der Waals surface area contributed by atoms with Gasteiger partial charge in [-0.05, 0) is 104 Å². The Labute approximate surface area is 656 Å². The van der Waals surface area contributed by atoms with Gasteiger partial charge in [0.05, 0.1) is 85.2 Å². The van der Waals surface area contributed by atoms with E-state index in [1.165, 1.54) is 26.0 Å². The molecule has 6 aliphatic heterocycles. The van der Waals surface area contributed by atoms with Gasteiger partial charge in [-0.15, -0.1) is 34.0 Å². The predicted octanol–water partition coefficient (Wildman–Crippen LogP) is 7.70. The molecule has 6 aliphatic rings. The summed E-state index contributed by atoms with van der Waals surface area (Å²) < 4.78 is 5.11. The first-order valence-corrected chi connectivity index (χ1v) is 39.9. The predicted molar refractivity (Wildman–Crippen MR) is 419 cm³/mol. The molecule has 0 unspecified atom stereocenters. The summed E-state index contributed by atoms with van der Waals surface area (Å²) in [5.74, 6) is -3.05. The molecule has 0 saturated carbocycles. The number of phenolic OH excluding ortho intramolecular Hbond substituents is 1. The van der Waals surface area contributed by atoms with Gasteiger partial charge in [-0.2, -0.15) is 0 Å². The maximum absolute atomic E-state index is 13.8. The second kappa shape index (κ2) is 34.6. The number of hydrogen-bond donors (Lipinski definition) is 8. The zero-order chi connectivity index (χ0) is 79.3. The van der Waals surface area contributed by atoms with Gasteiger partial charge >= 0.3 is 0 Å². The van der Waals surface area contributed by atoms with Gasteiger partial charge in [-0.25, -0.2) is 15.0 Å². The van der Waals surface area contributed by atoms with Gasteiger partial charge in [0.25, 0.3) is 11.8 Å². The minimum atomic E-state index is -0.880. The fourth-order valence-electron chi connectivity index (χ4n) is 15.1. The topological polar surface area (TPSA) is 347 Å². The molecule has 8 N–H and O–H groups in total. The highest BCUT2D eigenvalue weighted by Crippen LogP contribution is 2.37. The van der Waals surface area contributed by atoms with Crippen molar-refractivity contribution < 1.29 is 68.3 Å². The number of amides is 9. The van der Waals surface area contributed by atoms with Crippen molar-refractivity contribution in [1.29, 1.82) is 0 Å². The number of carbonyl (C=O) groups excluding carboxylic acids is 9. The Balaban J connectivity index is 0.000000155. The molecule has 14 rings (SSSR count). The lowest BCUT2D eigenvalue weighted by atomic mass is 9.87. The van der Waals surface area contributed by atoms with Crippen LogP contribution >= 0.6 is 34.0 Å².